The van der Waals surface area contributed by atoms with E-state index < -0.39 is 17.3 Å². The van der Waals surface area contributed by atoms with E-state index in [1.165, 1.54) is 17.8 Å². The van der Waals surface area contributed by atoms with Crippen LogP contribution in [0.4, 0.5) is 24.7 Å². The summed E-state index contributed by atoms with van der Waals surface area (Å²) in [5.41, 5.74) is 0.526. The fourth-order valence-corrected chi connectivity index (χ4v) is 4.09. The molecule has 1 saturated heterocycles. The lowest BCUT2D eigenvalue weighted by atomic mass is 10.0. The van der Waals surface area contributed by atoms with E-state index in [2.05, 4.69) is 19.9 Å². The molecule has 0 bridgehead atoms. The maximum atomic E-state index is 12.8. The number of H-pyrrole nitrogens is 1. The molecule has 4 rings (SSSR count). The summed E-state index contributed by atoms with van der Waals surface area (Å²) in [6.07, 6.45) is -1.78. The van der Waals surface area contributed by atoms with Crippen LogP contribution in [0.3, 0.4) is 0 Å². The van der Waals surface area contributed by atoms with Gasteiger partial charge in [0.2, 0.25) is 0 Å². The Morgan fingerprint density at radius 3 is 2.39 bits per heavy atom. The Morgan fingerprint density at radius 1 is 1.09 bits per heavy atom. The summed E-state index contributed by atoms with van der Waals surface area (Å²) in [7, 11) is 0. The van der Waals surface area contributed by atoms with Gasteiger partial charge in [-0.2, -0.15) is 18.4 Å². The molecule has 1 N–H and O–H groups in total. The lowest BCUT2D eigenvalue weighted by Gasteiger charge is -2.37. The predicted molar refractivity (Wildman–Crippen MR) is 120 cm³/mol. The molecule has 3 heterocycles. The Balaban J connectivity index is 1.58. The molecule has 1 fully saturated rings. The number of benzene rings is 1. The third-order valence-electron chi connectivity index (χ3n) is 5.38. The minimum Gasteiger partial charge on any atom is -0.367 e. The average Bonchev–Trinajstić information content (AvgIpc) is 2.83. The summed E-state index contributed by atoms with van der Waals surface area (Å²) in [6.45, 7) is 2.27. The molecular formula is C22H19F3N6OS. The monoisotopic (exact) mass is 472 g/mol. The van der Waals surface area contributed by atoms with E-state index in [0.717, 1.165) is 18.0 Å². The third-order valence-corrected chi connectivity index (χ3v) is 5.96. The third kappa shape index (κ3) is 4.66. The zero-order chi connectivity index (χ0) is 23.6. The summed E-state index contributed by atoms with van der Waals surface area (Å²) in [4.78, 5) is 27.5. The van der Waals surface area contributed by atoms with Crippen LogP contribution in [0.2, 0.25) is 0 Å². The van der Waals surface area contributed by atoms with E-state index in [-0.39, 0.29) is 5.56 Å². The number of piperazine rings is 1. The highest BCUT2D eigenvalue weighted by molar-refractivity contribution is 7.98. The number of aromatic amines is 1. The van der Waals surface area contributed by atoms with Crippen molar-refractivity contribution in [2.45, 2.75) is 11.3 Å². The first kappa shape index (κ1) is 22.7. The summed E-state index contributed by atoms with van der Waals surface area (Å²) >= 11 is 1.28. The fourth-order valence-electron chi connectivity index (χ4n) is 3.71. The van der Waals surface area contributed by atoms with Gasteiger partial charge in [-0.05, 0) is 24.5 Å². The minimum atomic E-state index is -4.42. The number of hydrogen-bond acceptors (Lipinski definition) is 7. The van der Waals surface area contributed by atoms with E-state index in [1.807, 2.05) is 35.2 Å². The number of hydrogen-bond donors (Lipinski definition) is 1. The SMILES string of the molecule is CSc1nc(-c2ccccc2N2CCN(c3ccc(C(F)(F)F)cn3)CC2)c(C#N)c(=O)[nH]1. The second kappa shape index (κ2) is 9.15. The van der Waals surface area contributed by atoms with Crippen molar-refractivity contribution in [3.63, 3.8) is 0 Å². The molecule has 1 aliphatic heterocycles. The molecule has 1 aromatic carbocycles. The number of anilines is 2. The predicted octanol–water partition coefficient (Wildman–Crippen LogP) is 3.77. The standard InChI is InChI=1S/C22H19F3N6OS/c1-33-21-28-19(16(12-26)20(32)29-21)15-4-2-3-5-17(15)30-8-10-31(11-9-30)18-7-6-14(13-27-18)22(23,24)25/h2-7,13H,8-11H2,1H3,(H,28,29,32). The highest BCUT2D eigenvalue weighted by Gasteiger charge is 2.31. The van der Waals surface area contributed by atoms with E-state index >= 15 is 0 Å². The molecule has 0 amide bonds. The molecule has 0 radical (unpaired) electrons. The van der Waals surface area contributed by atoms with Crippen molar-refractivity contribution in [2.75, 3.05) is 42.2 Å². The van der Waals surface area contributed by atoms with E-state index in [1.54, 1.807) is 6.26 Å². The van der Waals surface area contributed by atoms with Crippen molar-refractivity contribution in [3.05, 3.63) is 64.1 Å². The van der Waals surface area contributed by atoms with E-state index in [9.17, 15) is 23.2 Å². The molecule has 1 aliphatic rings. The molecule has 0 atom stereocenters. The van der Waals surface area contributed by atoms with Gasteiger partial charge in [-0.3, -0.25) is 4.79 Å². The van der Waals surface area contributed by atoms with Gasteiger partial charge in [0.1, 0.15) is 17.5 Å². The number of aromatic nitrogens is 3. The highest BCUT2D eigenvalue weighted by Crippen LogP contribution is 2.33. The molecule has 7 nitrogen and oxygen atoms in total. The fraction of sp³-hybridized carbons (Fsp3) is 0.273. The molecule has 170 valence electrons. The van der Waals surface area contributed by atoms with Crippen molar-refractivity contribution in [1.82, 2.24) is 15.0 Å². The number of para-hydroxylation sites is 1. The van der Waals surface area contributed by atoms with Gasteiger partial charge >= 0.3 is 6.18 Å². The Bertz CT molecular complexity index is 1240. The van der Waals surface area contributed by atoms with Crippen LogP contribution >= 0.6 is 11.8 Å². The van der Waals surface area contributed by atoms with Gasteiger partial charge in [0.25, 0.3) is 5.56 Å². The van der Waals surface area contributed by atoms with Crippen LogP contribution in [0.1, 0.15) is 11.1 Å². The van der Waals surface area contributed by atoms with Crippen LogP contribution in [-0.4, -0.2) is 47.4 Å². The molecule has 0 aliphatic carbocycles. The van der Waals surface area contributed by atoms with Crippen LogP contribution < -0.4 is 15.4 Å². The summed E-state index contributed by atoms with van der Waals surface area (Å²) in [6, 6.07) is 11.8. The van der Waals surface area contributed by atoms with Crippen molar-refractivity contribution in [1.29, 1.82) is 5.26 Å². The quantitative estimate of drug-likeness (QED) is 0.457. The second-order valence-corrected chi connectivity index (χ2v) is 8.10. The number of nitriles is 1. The number of nitrogens with zero attached hydrogens (tertiary/aromatic N) is 5. The topological polar surface area (TPSA) is 88.9 Å². The zero-order valence-electron chi connectivity index (χ0n) is 17.6. The minimum absolute atomic E-state index is 0.0483. The Morgan fingerprint density at radius 2 is 1.79 bits per heavy atom. The Labute approximate surface area is 191 Å². The number of rotatable bonds is 4. The maximum absolute atomic E-state index is 12.8. The number of alkyl halides is 3. The highest BCUT2D eigenvalue weighted by atomic mass is 32.2. The number of halogens is 3. The Hall–Kier alpha value is -3.52. The molecule has 11 heteroatoms. The molecule has 2 aromatic heterocycles. The van der Waals surface area contributed by atoms with Gasteiger partial charge in [-0.15, -0.1) is 0 Å². The van der Waals surface area contributed by atoms with Crippen LogP contribution in [0, 0.1) is 11.3 Å². The van der Waals surface area contributed by atoms with Crippen molar-refractivity contribution in [3.8, 4) is 17.3 Å². The smallest absolute Gasteiger partial charge is 0.367 e. The van der Waals surface area contributed by atoms with E-state index in [0.29, 0.717) is 48.4 Å². The van der Waals surface area contributed by atoms with Gasteiger partial charge in [0, 0.05) is 43.6 Å². The number of thioether (sulfide) groups is 1. The first-order chi connectivity index (χ1) is 15.8. The van der Waals surface area contributed by atoms with Crippen molar-refractivity contribution in [2.24, 2.45) is 0 Å². The van der Waals surface area contributed by atoms with Crippen LogP contribution in [-0.2, 0) is 6.18 Å². The molecule has 0 unspecified atom stereocenters. The summed E-state index contributed by atoms with van der Waals surface area (Å²) in [5, 5.41) is 9.96. The summed E-state index contributed by atoms with van der Waals surface area (Å²) < 4.78 is 38.4. The zero-order valence-corrected chi connectivity index (χ0v) is 18.4. The lowest BCUT2D eigenvalue weighted by Crippen LogP contribution is -2.47. The molecule has 3 aromatic rings. The average molecular weight is 472 g/mol. The van der Waals surface area contributed by atoms with Crippen molar-refractivity contribution >= 4 is 23.3 Å². The van der Waals surface area contributed by atoms with Crippen molar-refractivity contribution < 1.29 is 13.2 Å². The van der Waals surface area contributed by atoms with Gasteiger partial charge in [-0.1, -0.05) is 30.0 Å². The summed E-state index contributed by atoms with van der Waals surface area (Å²) in [5.74, 6) is 0.489. The van der Waals surface area contributed by atoms with Gasteiger partial charge < -0.3 is 14.8 Å². The normalized spacial score (nSPS) is 14.3. The van der Waals surface area contributed by atoms with Crippen LogP contribution in [0.5, 0.6) is 0 Å². The molecule has 33 heavy (non-hydrogen) atoms. The molecule has 0 saturated carbocycles. The lowest BCUT2D eigenvalue weighted by molar-refractivity contribution is -0.137. The Kier molecular flexibility index (Phi) is 6.29. The number of pyridine rings is 1. The second-order valence-electron chi connectivity index (χ2n) is 7.30. The van der Waals surface area contributed by atoms with Gasteiger partial charge in [-0.25, -0.2) is 9.97 Å². The number of nitrogens with one attached hydrogen (secondary N) is 1. The maximum Gasteiger partial charge on any atom is 0.417 e. The molecular weight excluding hydrogens is 453 g/mol. The van der Waals surface area contributed by atoms with Crippen LogP contribution in [0.25, 0.3) is 11.3 Å². The van der Waals surface area contributed by atoms with Crippen LogP contribution in [0.15, 0.2) is 52.5 Å². The van der Waals surface area contributed by atoms with Gasteiger partial charge in [0.15, 0.2) is 5.16 Å². The largest absolute Gasteiger partial charge is 0.417 e. The first-order valence-electron chi connectivity index (χ1n) is 10.0. The van der Waals surface area contributed by atoms with Gasteiger partial charge in [0.05, 0.1) is 11.3 Å². The van der Waals surface area contributed by atoms with E-state index in [4.69, 9.17) is 0 Å². The first-order valence-corrected chi connectivity index (χ1v) is 11.2. The molecule has 0 spiro atoms.